The van der Waals surface area contributed by atoms with E-state index in [0.29, 0.717) is 0 Å². The predicted octanol–water partition coefficient (Wildman–Crippen LogP) is 2.76. The molecule has 3 saturated carbocycles. The Bertz CT molecular complexity index is 229. The molecule has 0 aromatic rings. The zero-order valence-electron chi connectivity index (χ0n) is 9.79. The quantitative estimate of drug-likeness (QED) is 0.652. The second-order valence-corrected chi connectivity index (χ2v) is 6.52. The van der Waals surface area contributed by atoms with Crippen molar-refractivity contribution in [3.63, 3.8) is 0 Å². The van der Waals surface area contributed by atoms with Gasteiger partial charge in [0.1, 0.15) is 0 Å². The van der Waals surface area contributed by atoms with Gasteiger partial charge in [0.25, 0.3) is 0 Å². The van der Waals surface area contributed by atoms with E-state index in [-0.39, 0.29) is 0 Å². The zero-order chi connectivity index (χ0) is 9.92. The molecule has 1 heterocycles. The van der Waals surface area contributed by atoms with Crippen molar-refractivity contribution in [1.29, 1.82) is 0 Å². The minimum atomic E-state index is 0.845. The maximum absolute atomic E-state index is 2.62. The number of likely N-dealkylation sites (tertiary alicyclic amines) is 1. The van der Waals surface area contributed by atoms with Gasteiger partial charge >= 0.3 is 0 Å². The van der Waals surface area contributed by atoms with Crippen LogP contribution in [0, 0.1) is 23.2 Å². The van der Waals surface area contributed by atoms with Gasteiger partial charge in [0.2, 0.25) is 0 Å². The summed E-state index contributed by atoms with van der Waals surface area (Å²) >= 11 is 0. The number of hydrogen-bond acceptors (Lipinski definition) is 1. The van der Waals surface area contributed by atoms with Crippen LogP contribution in [0.3, 0.4) is 0 Å². The largest absolute Gasteiger partial charge is 0.303 e. The summed E-state index contributed by atoms with van der Waals surface area (Å²) in [5.74, 6) is 3.04. The summed E-state index contributed by atoms with van der Waals surface area (Å²) in [4.78, 5) is 2.62. The van der Waals surface area contributed by atoms with E-state index in [1.807, 2.05) is 0 Å². The molecule has 4 rings (SSSR count). The molecular weight excluding hydrogens is 170 g/mol. The molecule has 2 atom stereocenters. The highest BCUT2D eigenvalue weighted by Crippen LogP contribution is 2.69. The Kier molecular flexibility index (Phi) is 1.81. The molecule has 0 aromatic carbocycles. The van der Waals surface area contributed by atoms with E-state index in [1.165, 1.54) is 13.0 Å². The third-order valence-electron chi connectivity index (χ3n) is 5.32. The Hall–Kier alpha value is -0.0400. The average molecular weight is 193 g/mol. The van der Waals surface area contributed by atoms with Crippen molar-refractivity contribution in [2.24, 2.45) is 23.2 Å². The molecule has 1 unspecified atom stereocenters. The normalized spacial score (nSPS) is 51.9. The van der Waals surface area contributed by atoms with Gasteiger partial charge in [-0.2, -0.15) is 0 Å². The highest BCUT2D eigenvalue weighted by molar-refractivity contribution is 5.12. The first kappa shape index (κ1) is 9.21. The van der Waals surface area contributed by atoms with Gasteiger partial charge in [-0.3, -0.25) is 0 Å². The molecule has 0 radical (unpaired) electrons. The van der Waals surface area contributed by atoms with Crippen LogP contribution in [0.4, 0.5) is 0 Å². The molecule has 1 aliphatic heterocycles. The molecule has 0 spiro atoms. The van der Waals surface area contributed by atoms with E-state index in [9.17, 15) is 0 Å². The first-order valence-corrected chi connectivity index (χ1v) is 6.31. The molecule has 0 amide bonds. The van der Waals surface area contributed by atoms with Gasteiger partial charge < -0.3 is 4.90 Å². The van der Waals surface area contributed by atoms with Crippen molar-refractivity contribution in [3.8, 4) is 0 Å². The second-order valence-electron chi connectivity index (χ2n) is 6.52. The Morgan fingerprint density at radius 2 is 1.86 bits per heavy atom. The van der Waals surface area contributed by atoms with E-state index < -0.39 is 0 Å². The van der Waals surface area contributed by atoms with E-state index in [1.54, 1.807) is 19.3 Å². The summed E-state index contributed by atoms with van der Waals surface area (Å²) in [7, 11) is 2.33. The van der Waals surface area contributed by atoms with Crippen LogP contribution in [0.1, 0.15) is 39.5 Å². The van der Waals surface area contributed by atoms with Gasteiger partial charge in [-0.05, 0) is 55.9 Å². The molecule has 1 nitrogen and oxygen atoms in total. The van der Waals surface area contributed by atoms with Crippen LogP contribution in [0.2, 0.25) is 0 Å². The van der Waals surface area contributed by atoms with Crippen molar-refractivity contribution in [2.75, 3.05) is 13.6 Å². The summed E-state index contributed by atoms with van der Waals surface area (Å²) in [6.45, 7) is 6.15. The standard InChI is InChI=1S/C13H23N/c1-9(2)12-4-11(8-14(12)3)13-5-10(6-13)7-13/h9-12H,4-8H2,1-3H3/t10?,11-,12?,13?/m1/s1. The molecule has 4 aliphatic rings. The molecule has 80 valence electrons. The average Bonchev–Trinajstić information content (AvgIpc) is 2.24. The highest BCUT2D eigenvalue weighted by atomic mass is 15.2. The molecule has 0 aromatic heterocycles. The molecule has 4 fully saturated rings. The monoisotopic (exact) mass is 193 g/mol. The zero-order valence-corrected chi connectivity index (χ0v) is 9.79. The minimum absolute atomic E-state index is 0.845. The lowest BCUT2D eigenvalue weighted by molar-refractivity contribution is -0.147. The minimum Gasteiger partial charge on any atom is -0.303 e. The van der Waals surface area contributed by atoms with E-state index in [4.69, 9.17) is 0 Å². The number of nitrogens with zero attached hydrogens (tertiary/aromatic N) is 1. The van der Waals surface area contributed by atoms with Crippen molar-refractivity contribution in [1.82, 2.24) is 4.90 Å². The van der Waals surface area contributed by atoms with Crippen LogP contribution in [0.15, 0.2) is 0 Å². The maximum Gasteiger partial charge on any atom is 0.0119 e. The van der Waals surface area contributed by atoms with Crippen molar-refractivity contribution < 1.29 is 0 Å². The van der Waals surface area contributed by atoms with E-state index in [0.717, 1.165) is 29.2 Å². The summed E-state index contributed by atoms with van der Waals surface area (Å²) in [5.41, 5.74) is 0.850. The summed E-state index contributed by atoms with van der Waals surface area (Å²) < 4.78 is 0. The number of hydrogen-bond donors (Lipinski definition) is 0. The molecule has 2 bridgehead atoms. The van der Waals surface area contributed by atoms with Crippen molar-refractivity contribution >= 4 is 0 Å². The fourth-order valence-electron chi connectivity index (χ4n) is 4.30. The third-order valence-corrected chi connectivity index (χ3v) is 5.32. The van der Waals surface area contributed by atoms with E-state index in [2.05, 4.69) is 25.8 Å². The molecule has 1 saturated heterocycles. The predicted molar refractivity (Wildman–Crippen MR) is 59.1 cm³/mol. The first-order chi connectivity index (χ1) is 6.61. The van der Waals surface area contributed by atoms with Crippen LogP contribution in [0.25, 0.3) is 0 Å². The lowest BCUT2D eigenvalue weighted by Crippen LogP contribution is -2.56. The fourth-order valence-corrected chi connectivity index (χ4v) is 4.30. The Morgan fingerprint density at radius 1 is 1.21 bits per heavy atom. The van der Waals surface area contributed by atoms with Crippen LogP contribution in [0.5, 0.6) is 0 Å². The lowest BCUT2D eigenvalue weighted by Gasteiger charge is -2.65. The highest BCUT2D eigenvalue weighted by Gasteiger charge is 2.61. The smallest absolute Gasteiger partial charge is 0.0119 e. The van der Waals surface area contributed by atoms with Gasteiger partial charge in [-0.15, -0.1) is 0 Å². The Balaban J connectivity index is 1.68. The summed E-state index contributed by atoms with van der Waals surface area (Å²) in [6, 6.07) is 0.869. The molecule has 1 heteroatoms. The lowest BCUT2D eigenvalue weighted by atomic mass is 9.40. The van der Waals surface area contributed by atoms with Crippen molar-refractivity contribution in [3.05, 3.63) is 0 Å². The van der Waals surface area contributed by atoms with Crippen LogP contribution >= 0.6 is 0 Å². The Morgan fingerprint density at radius 3 is 2.21 bits per heavy atom. The second kappa shape index (κ2) is 2.75. The Labute approximate surface area is 87.9 Å². The maximum atomic E-state index is 2.62. The SMILES string of the molecule is CC(C)C1C[C@@H](C23CC(C2)C3)CN1C. The first-order valence-electron chi connectivity index (χ1n) is 6.31. The number of rotatable bonds is 2. The summed E-state index contributed by atoms with van der Waals surface area (Å²) in [5, 5.41) is 0. The van der Waals surface area contributed by atoms with Gasteiger partial charge in [-0.1, -0.05) is 13.8 Å². The topological polar surface area (TPSA) is 3.24 Å². The van der Waals surface area contributed by atoms with Gasteiger partial charge in [0.15, 0.2) is 0 Å². The van der Waals surface area contributed by atoms with Crippen LogP contribution in [-0.2, 0) is 0 Å². The molecular formula is C13H23N. The van der Waals surface area contributed by atoms with E-state index >= 15 is 0 Å². The van der Waals surface area contributed by atoms with Crippen LogP contribution < -0.4 is 0 Å². The third kappa shape index (κ3) is 1.05. The van der Waals surface area contributed by atoms with Crippen molar-refractivity contribution in [2.45, 2.75) is 45.6 Å². The molecule has 0 N–H and O–H groups in total. The van der Waals surface area contributed by atoms with Gasteiger partial charge in [0, 0.05) is 12.6 Å². The molecule has 3 aliphatic carbocycles. The summed E-state index contributed by atoms with van der Waals surface area (Å²) in [6.07, 6.45) is 6.23. The van der Waals surface area contributed by atoms with Crippen LogP contribution in [-0.4, -0.2) is 24.5 Å². The van der Waals surface area contributed by atoms with Gasteiger partial charge in [0.05, 0.1) is 0 Å². The van der Waals surface area contributed by atoms with Gasteiger partial charge in [-0.25, -0.2) is 0 Å². The fraction of sp³-hybridized carbons (Fsp3) is 1.00. The molecule has 14 heavy (non-hydrogen) atoms.